The second-order valence-electron chi connectivity index (χ2n) is 0. The van der Waals surface area contributed by atoms with Crippen molar-refractivity contribution in [2.45, 2.75) is 0 Å². The Morgan fingerprint density at radius 1 is 0.158 bits per heavy atom. The van der Waals surface area contributed by atoms with Crippen molar-refractivity contribution in [3.8, 4) is 0 Å². The van der Waals surface area contributed by atoms with Gasteiger partial charge in [-0.2, -0.15) is 0 Å². The van der Waals surface area contributed by atoms with E-state index in [0.717, 1.165) is 0 Å². The van der Waals surface area contributed by atoms with Gasteiger partial charge in [0.05, 0.1) is 0 Å². The minimum atomic E-state index is 0. The molecule has 0 heterocycles. The SMILES string of the molecule is [OH-].[OH-].[OH-].[OH-].[OH-].[OH-].[OH-].[OH-].[OH-].[OH-].[OH-].[OH-].[Pb].[Pb].[Pb].[Sb].[Sb].[Sb].[Sb]. The van der Waals surface area contributed by atoms with Gasteiger partial charge in [0.15, 0.2) is 0 Å². The van der Waals surface area contributed by atoms with Gasteiger partial charge >= 0.3 is 0 Å². The summed E-state index contributed by atoms with van der Waals surface area (Å²) in [6.45, 7) is 0. The molecular weight excluding hydrogens is 1300 g/mol. The zero-order chi connectivity index (χ0) is 0. The topological polar surface area (TPSA) is 360 Å². The maximum absolute atomic E-state index is 0. The van der Waals surface area contributed by atoms with Crippen molar-refractivity contribution in [2.75, 3.05) is 0 Å². The van der Waals surface area contributed by atoms with Crippen molar-refractivity contribution >= 4 is 180 Å². The molecule has 0 saturated heterocycles. The quantitative estimate of drug-likeness (QED) is 0.206. The molecule has 12 nitrogen and oxygen atoms in total. The van der Waals surface area contributed by atoms with Gasteiger partial charge in [-0.05, 0) is 0 Å². The van der Waals surface area contributed by atoms with Gasteiger partial charge in [0.2, 0.25) is 0 Å². The number of hydrogen-bond acceptors (Lipinski definition) is 12. The Morgan fingerprint density at radius 2 is 0.158 bits per heavy atom. The first-order valence-corrected chi connectivity index (χ1v) is 0. The van der Waals surface area contributed by atoms with E-state index in [2.05, 4.69) is 0 Å². The molecule has 0 saturated carbocycles. The molecule has 0 amide bonds. The molecule has 0 aromatic rings. The summed E-state index contributed by atoms with van der Waals surface area (Å²) in [4.78, 5) is 0. The Morgan fingerprint density at radius 3 is 0.158 bits per heavy atom. The molecule has 19 heteroatoms. The van der Waals surface area contributed by atoms with Crippen LogP contribution in [0.5, 0.6) is 0 Å². The monoisotopic (exact) mass is 1310 g/mol. The van der Waals surface area contributed by atoms with Crippen LogP contribution in [0.3, 0.4) is 0 Å². The van der Waals surface area contributed by atoms with Gasteiger partial charge in [-0.15, -0.1) is 0 Å². The standard InChI is InChI=1S/12H2O.3Pb.4Sb/h12*1H2;;;;;;;/p-12. The Hall–Kier alpha value is 5.56. The summed E-state index contributed by atoms with van der Waals surface area (Å²) in [7, 11) is 0. The smallest absolute Gasteiger partial charge is 0 e. The minimum absolute atomic E-state index is 0. The van der Waals surface area contributed by atoms with Gasteiger partial charge < -0.3 is 65.7 Å². The first-order chi connectivity index (χ1) is 0. The van der Waals surface area contributed by atoms with Crippen molar-refractivity contribution in [1.29, 1.82) is 0 Å². The van der Waals surface area contributed by atoms with Gasteiger partial charge in [-0.25, -0.2) is 0 Å². The van der Waals surface area contributed by atoms with Gasteiger partial charge in [-0.1, -0.05) is 0 Å². The van der Waals surface area contributed by atoms with Crippen LogP contribution in [0.15, 0.2) is 0 Å². The molecule has 0 aliphatic heterocycles. The normalized spacial score (nSPS) is 0. The zero-order valence-electron chi connectivity index (χ0n) is 8.66. The summed E-state index contributed by atoms with van der Waals surface area (Å²) in [6, 6.07) is 0. The van der Waals surface area contributed by atoms with E-state index in [1.54, 1.807) is 0 Å². The maximum Gasteiger partial charge on any atom is 0 e. The molecule has 0 bridgehead atoms. The molecule has 19 heavy (non-hydrogen) atoms. The van der Waals surface area contributed by atoms with Crippen LogP contribution in [0.4, 0.5) is 0 Å². The van der Waals surface area contributed by atoms with Crippen LogP contribution >= 0.6 is 0 Å². The molecule has 0 aromatic heterocycles. The first kappa shape index (κ1) is 441. The molecule has 0 fully saturated rings. The van der Waals surface area contributed by atoms with E-state index in [4.69, 9.17) is 0 Å². The zero-order valence-corrected chi connectivity index (χ0v) is 30.5. The van der Waals surface area contributed by atoms with Crippen molar-refractivity contribution < 1.29 is 65.7 Å². The van der Waals surface area contributed by atoms with Gasteiger partial charge in [0.25, 0.3) is 0 Å². The van der Waals surface area contributed by atoms with E-state index in [1.165, 1.54) is 0 Å². The van der Waals surface area contributed by atoms with Crippen LogP contribution in [0.25, 0.3) is 0 Å². The summed E-state index contributed by atoms with van der Waals surface area (Å²) < 4.78 is 0. The molecule has 12 N–H and O–H groups in total. The van der Waals surface area contributed by atoms with Gasteiger partial charge in [-0.3, -0.25) is 0 Å². The molecule has 0 unspecified atom stereocenters. The third kappa shape index (κ3) is 354. The van der Waals surface area contributed by atoms with Crippen LogP contribution in [0, 0.1) is 0 Å². The second kappa shape index (κ2) is 388. The van der Waals surface area contributed by atoms with E-state index >= 15 is 0 Å². The Labute approximate surface area is 240 Å². The predicted molar refractivity (Wildman–Crippen MR) is 63.5 cm³/mol. The van der Waals surface area contributed by atoms with Gasteiger partial charge in [0, 0.05) is 180 Å². The third-order valence-corrected chi connectivity index (χ3v) is 0. The van der Waals surface area contributed by atoms with Crippen LogP contribution < -0.4 is 0 Å². The fraction of sp³-hybridized carbons (Fsp3) is 0. The summed E-state index contributed by atoms with van der Waals surface area (Å²) >= 11 is 0. The number of hydrogen-bond donors (Lipinski definition) is 0. The summed E-state index contributed by atoms with van der Waals surface area (Å²) in [5, 5.41) is 0. The average Bonchev–Trinajstić information content (AvgIpc) is 0. The molecule has 0 rings (SSSR count). The van der Waals surface area contributed by atoms with E-state index in [0.29, 0.717) is 0 Å². The molecule has 128 valence electrons. The molecule has 0 aromatic carbocycles. The molecule has 0 aliphatic rings. The Balaban J connectivity index is 0. The van der Waals surface area contributed by atoms with Crippen LogP contribution in [0.2, 0.25) is 0 Å². The fourth-order valence-corrected chi connectivity index (χ4v) is 0. The summed E-state index contributed by atoms with van der Waals surface area (Å²) in [6.07, 6.45) is 0. The molecule has 0 aliphatic carbocycles. The molecule has 0 spiro atoms. The van der Waals surface area contributed by atoms with Crippen LogP contribution in [-0.4, -0.2) is 245 Å². The van der Waals surface area contributed by atoms with Crippen molar-refractivity contribution in [1.82, 2.24) is 0 Å². The third-order valence-electron chi connectivity index (χ3n) is 0. The number of rotatable bonds is 0. The molecule has 0 atom stereocenters. The maximum atomic E-state index is 0. The van der Waals surface area contributed by atoms with E-state index in [-0.39, 0.29) is 245 Å². The predicted octanol–water partition coefficient (Wildman–Crippen LogP) is -4.79. The van der Waals surface area contributed by atoms with E-state index in [9.17, 15) is 0 Å². The van der Waals surface area contributed by atoms with Crippen LogP contribution in [-0.2, 0) is 0 Å². The summed E-state index contributed by atoms with van der Waals surface area (Å²) in [5.74, 6) is 0. The Bertz CT molecular complexity index is 24.9. The van der Waals surface area contributed by atoms with Crippen molar-refractivity contribution in [3.05, 3.63) is 0 Å². The Kier molecular flexibility index (Phi) is 9010. The summed E-state index contributed by atoms with van der Waals surface area (Å²) in [5.41, 5.74) is 0. The molecule has 24 radical (unpaired) electrons. The van der Waals surface area contributed by atoms with Crippen LogP contribution in [0.1, 0.15) is 0 Å². The first-order valence-electron chi connectivity index (χ1n) is 0. The van der Waals surface area contributed by atoms with Crippen molar-refractivity contribution in [2.24, 2.45) is 0 Å². The fourth-order valence-electron chi connectivity index (χ4n) is 0. The van der Waals surface area contributed by atoms with E-state index in [1.807, 2.05) is 0 Å². The second-order valence-corrected chi connectivity index (χ2v) is 0. The van der Waals surface area contributed by atoms with E-state index < -0.39 is 0 Å². The van der Waals surface area contributed by atoms with Crippen molar-refractivity contribution in [3.63, 3.8) is 0 Å². The minimum Gasteiger partial charge on any atom is -0.870 e. The average molecular weight is 1310 g/mol. The van der Waals surface area contributed by atoms with Gasteiger partial charge in [0.1, 0.15) is 0 Å². The largest absolute Gasteiger partial charge is 0.870 e. The molecular formula is H12O12Pb3Sb4-12.